The number of benzene rings is 1. The molecule has 0 heterocycles. The van der Waals surface area contributed by atoms with Crippen LogP contribution < -0.4 is 10.6 Å². The van der Waals surface area contributed by atoms with Crippen molar-refractivity contribution in [3.8, 4) is 0 Å². The molecule has 2 amide bonds. The second-order valence-electron chi connectivity index (χ2n) is 4.57. The first kappa shape index (κ1) is 16.6. The zero-order valence-corrected chi connectivity index (χ0v) is 13.0. The molecule has 4 nitrogen and oxygen atoms in total. The molecule has 2 N–H and O–H groups in total. The summed E-state index contributed by atoms with van der Waals surface area (Å²) >= 11 is 1.66. The zero-order valence-electron chi connectivity index (χ0n) is 12.2. The van der Waals surface area contributed by atoms with E-state index >= 15 is 0 Å². The van der Waals surface area contributed by atoms with E-state index in [9.17, 15) is 9.59 Å². The highest BCUT2D eigenvalue weighted by atomic mass is 32.2. The van der Waals surface area contributed by atoms with Gasteiger partial charge in [0.1, 0.15) is 6.04 Å². The van der Waals surface area contributed by atoms with E-state index in [1.54, 1.807) is 17.8 Å². The number of hydrogen-bond donors (Lipinski definition) is 2. The molecule has 0 radical (unpaired) electrons. The van der Waals surface area contributed by atoms with Gasteiger partial charge in [-0.25, -0.2) is 0 Å². The minimum absolute atomic E-state index is 0.123. The van der Waals surface area contributed by atoms with Gasteiger partial charge in [-0.2, -0.15) is 11.8 Å². The van der Waals surface area contributed by atoms with Gasteiger partial charge in [-0.3, -0.25) is 9.59 Å². The molecule has 5 heteroatoms. The number of nitrogens with one attached hydrogen (secondary N) is 2. The SMILES string of the molecule is CCNC(=O)C(CCSC)NC(=O)c1cccc(C)c1. The summed E-state index contributed by atoms with van der Waals surface area (Å²) in [6.07, 6.45) is 2.61. The van der Waals surface area contributed by atoms with E-state index in [0.717, 1.165) is 11.3 Å². The second kappa shape index (κ2) is 8.64. The Balaban J connectivity index is 2.72. The lowest BCUT2D eigenvalue weighted by atomic mass is 10.1. The number of carbonyl (C=O) groups excluding carboxylic acids is 2. The van der Waals surface area contributed by atoms with Gasteiger partial charge in [-0.1, -0.05) is 17.7 Å². The van der Waals surface area contributed by atoms with Gasteiger partial charge in [0, 0.05) is 12.1 Å². The molecule has 0 aromatic heterocycles. The molecule has 1 unspecified atom stereocenters. The lowest BCUT2D eigenvalue weighted by molar-refractivity contribution is -0.122. The van der Waals surface area contributed by atoms with Gasteiger partial charge in [0.05, 0.1) is 0 Å². The maximum atomic E-state index is 12.2. The van der Waals surface area contributed by atoms with Crippen LogP contribution in [0.15, 0.2) is 24.3 Å². The highest BCUT2D eigenvalue weighted by Crippen LogP contribution is 2.06. The Hall–Kier alpha value is -1.49. The molecule has 0 aliphatic carbocycles. The maximum absolute atomic E-state index is 12.2. The van der Waals surface area contributed by atoms with Crippen LogP contribution in [0.25, 0.3) is 0 Å². The quantitative estimate of drug-likeness (QED) is 0.808. The molecular formula is C15H22N2O2S. The number of hydrogen-bond acceptors (Lipinski definition) is 3. The average Bonchev–Trinajstić information content (AvgIpc) is 2.43. The predicted octanol–water partition coefficient (Wildman–Crippen LogP) is 1.98. The summed E-state index contributed by atoms with van der Waals surface area (Å²) in [5, 5.41) is 5.58. The van der Waals surface area contributed by atoms with Crippen LogP contribution in [0, 0.1) is 6.92 Å². The third kappa shape index (κ3) is 5.25. The van der Waals surface area contributed by atoms with Crippen LogP contribution in [0.4, 0.5) is 0 Å². The Morgan fingerprint density at radius 1 is 1.35 bits per heavy atom. The Morgan fingerprint density at radius 3 is 2.70 bits per heavy atom. The molecule has 0 aliphatic heterocycles. The highest BCUT2D eigenvalue weighted by molar-refractivity contribution is 7.98. The Kier molecular flexibility index (Phi) is 7.15. The van der Waals surface area contributed by atoms with Crippen molar-refractivity contribution in [2.45, 2.75) is 26.3 Å². The molecule has 110 valence electrons. The number of amides is 2. The van der Waals surface area contributed by atoms with Crippen molar-refractivity contribution in [3.63, 3.8) is 0 Å². The summed E-state index contributed by atoms with van der Waals surface area (Å²) in [6.45, 7) is 4.37. The molecule has 1 atom stereocenters. The maximum Gasteiger partial charge on any atom is 0.251 e. The summed E-state index contributed by atoms with van der Waals surface area (Å²) in [4.78, 5) is 24.1. The molecule has 1 aromatic rings. The summed E-state index contributed by atoms with van der Waals surface area (Å²) in [5.74, 6) is 0.504. The normalized spacial score (nSPS) is 11.8. The van der Waals surface area contributed by atoms with Gasteiger partial charge in [0.15, 0.2) is 0 Å². The molecule has 0 saturated carbocycles. The van der Waals surface area contributed by atoms with Gasteiger partial charge in [-0.15, -0.1) is 0 Å². The van der Waals surface area contributed by atoms with Crippen LogP contribution in [0.1, 0.15) is 29.3 Å². The summed E-state index contributed by atoms with van der Waals surface area (Å²) < 4.78 is 0. The first-order valence-corrected chi connectivity index (χ1v) is 8.12. The minimum atomic E-state index is -0.476. The number of likely N-dealkylation sites (N-methyl/N-ethyl adjacent to an activating group) is 1. The zero-order chi connectivity index (χ0) is 15.0. The van der Waals surface area contributed by atoms with E-state index in [1.165, 1.54) is 0 Å². The van der Waals surface area contributed by atoms with Gasteiger partial charge >= 0.3 is 0 Å². The monoisotopic (exact) mass is 294 g/mol. The van der Waals surface area contributed by atoms with Crippen LogP contribution in [-0.4, -0.2) is 36.4 Å². The van der Waals surface area contributed by atoms with E-state index < -0.39 is 6.04 Å². The molecule has 0 saturated heterocycles. The van der Waals surface area contributed by atoms with E-state index in [2.05, 4.69) is 10.6 Å². The lowest BCUT2D eigenvalue weighted by Gasteiger charge is -2.17. The fraction of sp³-hybridized carbons (Fsp3) is 0.467. The molecule has 1 aromatic carbocycles. The first-order chi connectivity index (χ1) is 9.58. The fourth-order valence-corrected chi connectivity index (χ4v) is 2.30. The van der Waals surface area contributed by atoms with E-state index in [4.69, 9.17) is 0 Å². The van der Waals surface area contributed by atoms with Crippen molar-refractivity contribution in [3.05, 3.63) is 35.4 Å². The van der Waals surface area contributed by atoms with E-state index in [1.807, 2.05) is 38.3 Å². The van der Waals surface area contributed by atoms with Crippen molar-refractivity contribution in [2.24, 2.45) is 0 Å². The number of rotatable bonds is 7. The Labute approximate surface area is 124 Å². The third-order valence-corrected chi connectivity index (χ3v) is 3.51. The Morgan fingerprint density at radius 2 is 2.10 bits per heavy atom. The highest BCUT2D eigenvalue weighted by Gasteiger charge is 2.20. The Bertz CT molecular complexity index is 463. The molecular weight excluding hydrogens is 272 g/mol. The largest absolute Gasteiger partial charge is 0.355 e. The van der Waals surface area contributed by atoms with Crippen molar-refractivity contribution in [1.82, 2.24) is 10.6 Å². The van der Waals surface area contributed by atoms with Gasteiger partial charge < -0.3 is 10.6 Å². The smallest absolute Gasteiger partial charge is 0.251 e. The predicted molar refractivity (Wildman–Crippen MR) is 84.1 cm³/mol. The number of thioether (sulfide) groups is 1. The van der Waals surface area contributed by atoms with Crippen molar-refractivity contribution >= 4 is 23.6 Å². The second-order valence-corrected chi connectivity index (χ2v) is 5.56. The molecule has 20 heavy (non-hydrogen) atoms. The van der Waals surface area contributed by atoms with Crippen LogP contribution in [0.5, 0.6) is 0 Å². The van der Waals surface area contributed by atoms with Crippen molar-refractivity contribution < 1.29 is 9.59 Å². The first-order valence-electron chi connectivity index (χ1n) is 6.72. The average molecular weight is 294 g/mol. The third-order valence-electron chi connectivity index (χ3n) is 2.86. The summed E-state index contributed by atoms with van der Waals surface area (Å²) in [6, 6.07) is 6.87. The van der Waals surface area contributed by atoms with E-state index in [-0.39, 0.29) is 11.8 Å². The summed E-state index contributed by atoms with van der Waals surface area (Å²) in [5.41, 5.74) is 1.61. The lowest BCUT2D eigenvalue weighted by Crippen LogP contribution is -2.47. The standard InChI is InChI=1S/C15H22N2O2S/c1-4-16-15(19)13(8-9-20-3)17-14(18)12-7-5-6-11(2)10-12/h5-7,10,13H,4,8-9H2,1-3H3,(H,16,19)(H,17,18). The van der Waals surface area contributed by atoms with Crippen molar-refractivity contribution in [1.29, 1.82) is 0 Å². The summed E-state index contributed by atoms with van der Waals surface area (Å²) in [7, 11) is 0. The van der Waals surface area contributed by atoms with Crippen LogP contribution in [-0.2, 0) is 4.79 Å². The fourth-order valence-electron chi connectivity index (χ4n) is 1.83. The number of aryl methyl sites for hydroxylation is 1. The van der Waals surface area contributed by atoms with Gasteiger partial charge in [-0.05, 0) is 44.4 Å². The van der Waals surface area contributed by atoms with Crippen LogP contribution in [0.2, 0.25) is 0 Å². The topological polar surface area (TPSA) is 58.2 Å². The molecule has 0 fully saturated rings. The van der Waals surface area contributed by atoms with Gasteiger partial charge in [0.25, 0.3) is 5.91 Å². The van der Waals surface area contributed by atoms with Crippen molar-refractivity contribution in [2.75, 3.05) is 18.6 Å². The van der Waals surface area contributed by atoms with E-state index in [0.29, 0.717) is 18.5 Å². The molecule has 0 aliphatic rings. The molecule has 0 spiro atoms. The van der Waals surface area contributed by atoms with Crippen LogP contribution in [0.3, 0.4) is 0 Å². The molecule has 0 bridgehead atoms. The minimum Gasteiger partial charge on any atom is -0.355 e. The number of carbonyl (C=O) groups is 2. The van der Waals surface area contributed by atoms with Crippen LogP contribution >= 0.6 is 11.8 Å². The molecule has 1 rings (SSSR count). The van der Waals surface area contributed by atoms with Gasteiger partial charge in [0.2, 0.25) is 5.91 Å².